The summed E-state index contributed by atoms with van der Waals surface area (Å²) in [6.07, 6.45) is 2.45. The van der Waals surface area contributed by atoms with E-state index in [1.807, 2.05) is 6.92 Å². The van der Waals surface area contributed by atoms with Crippen LogP contribution in [-0.2, 0) is 0 Å². The van der Waals surface area contributed by atoms with Gasteiger partial charge in [-0.3, -0.25) is 10.1 Å². The number of aryl methyl sites for hydroxylation is 1. The summed E-state index contributed by atoms with van der Waals surface area (Å²) >= 11 is 7.02. The fourth-order valence-electron chi connectivity index (χ4n) is 1.17. The number of rotatable bonds is 5. The molecule has 1 rings (SSSR count). The summed E-state index contributed by atoms with van der Waals surface area (Å²) in [6.45, 7) is 3.77. The fourth-order valence-corrected chi connectivity index (χ4v) is 2.61. The maximum Gasteiger partial charge on any atom is 0.301 e. The van der Waals surface area contributed by atoms with Gasteiger partial charge >= 0.3 is 5.69 Å². The van der Waals surface area contributed by atoms with Gasteiger partial charge in [-0.1, -0.05) is 18.7 Å². The van der Waals surface area contributed by atoms with Gasteiger partial charge < -0.3 is 0 Å². The van der Waals surface area contributed by atoms with Gasteiger partial charge in [0, 0.05) is 23.4 Å². The fraction of sp³-hybridized carbons (Fsp3) is 0.500. The average Bonchev–Trinajstić information content (AvgIpc) is 2.20. The smallest absolute Gasteiger partial charge is 0.258 e. The van der Waals surface area contributed by atoms with Crippen molar-refractivity contribution in [2.45, 2.75) is 30.5 Å². The molecule has 0 bridgehead atoms. The second-order valence-corrected chi connectivity index (χ2v) is 5.31. The Labute approximate surface area is 104 Å². The number of pyridine rings is 1. The van der Waals surface area contributed by atoms with Crippen LogP contribution in [0.2, 0.25) is 0 Å². The Balaban J connectivity index is 2.90. The second kappa shape index (κ2) is 6.06. The van der Waals surface area contributed by atoms with Crippen LogP contribution in [0.1, 0.15) is 18.9 Å². The van der Waals surface area contributed by atoms with Crippen molar-refractivity contribution in [1.82, 2.24) is 4.98 Å². The number of aromatic nitrogens is 1. The highest BCUT2D eigenvalue weighted by atomic mass is 35.5. The summed E-state index contributed by atoms with van der Waals surface area (Å²) in [5, 5.41) is 11.5. The minimum Gasteiger partial charge on any atom is -0.258 e. The lowest BCUT2D eigenvalue weighted by Gasteiger charge is -2.08. The third kappa shape index (κ3) is 3.64. The Kier molecular flexibility index (Phi) is 5.02. The zero-order valence-electron chi connectivity index (χ0n) is 9.14. The molecule has 6 heteroatoms. The Morgan fingerprint density at radius 3 is 2.94 bits per heavy atom. The van der Waals surface area contributed by atoms with Gasteiger partial charge in [-0.05, 0) is 18.9 Å². The largest absolute Gasteiger partial charge is 0.301 e. The van der Waals surface area contributed by atoms with Gasteiger partial charge in [-0.2, -0.15) is 0 Å². The van der Waals surface area contributed by atoms with Crippen LogP contribution in [0.3, 0.4) is 0 Å². The molecule has 0 aromatic carbocycles. The van der Waals surface area contributed by atoms with Gasteiger partial charge in [-0.25, -0.2) is 4.98 Å². The standard InChI is InChI=1S/C10H13ClN2O2S/c1-7-5-9(13(14)15)10(12-6-7)16-8(2)3-4-11/h5-6,8H,3-4H2,1-2H3. The lowest BCUT2D eigenvalue weighted by atomic mass is 10.3. The SMILES string of the molecule is Cc1cnc(SC(C)CCCl)c([N+](=O)[O-])c1. The number of hydrogen-bond donors (Lipinski definition) is 0. The van der Waals surface area contributed by atoms with Crippen LogP contribution >= 0.6 is 23.4 Å². The Hall–Kier alpha value is -0.810. The van der Waals surface area contributed by atoms with Gasteiger partial charge in [0.25, 0.3) is 0 Å². The summed E-state index contributed by atoms with van der Waals surface area (Å²) in [7, 11) is 0. The first-order chi connectivity index (χ1) is 7.54. The summed E-state index contributed by atoms with van der Waals surface area (Å²) in [5.74, 6) is 0.549. The van der Waals surface area contributed by atoms with Crippen molar-refractivity contribution in [2.75, 3.05) is 5.88 Å². The van der Waals surface area contributed by atoms with E-state index in [0.717, 1.165) is 12.0 Å². The van der Waals surface area contributed by atoms with E-state index in [0.29, 0.717) is 10.9 Å². The summed E-state index contributed by atoms with van der Waals surface area (Å²) in [5.41, 5.74) is 0.868. The highest BCUT2D eigenvalue weighted by Crippen LogP contribution is 2.31. The third-order valence-corrected chi connectivity index (χ3v) is 3.39. The molecule has 1 aromatic heterocycles. The van der Waals surface area contributed by atoms with E-state index in [1.54, 1.807) is 19.2 Å². The molecule has 1 heterocycles. The highest BCUT2D eigenvalue weighted by Gasteiger charge is 2.18. The molecule has 0 fully saturated rings. The van der Waals surface area contributed by atoms with Crippen LogP contribution in [0.25, 0.3) is 0 Å². The first-order valence-electron chi connectivity index (χ1n) is 4.88. The van der Waals surface area contributed by atoms with Crippen LogP contribution in [-0.4, -0.2) is 21.0 Å². The van der Waals surface area contributed by atoms with Crippen molar-refractivity contribution in [3.63, 3.8) is 0 Å². The Morgan fingerprint density at radius 2 is 2.38 bits per heavy atom. The lowest BCUT2D eigenvalue weighted by Crippen LogP contribution is -2.00. The predicted octanol–water partition coefficient (Wildman–Crippen LogP) is 3.41. The van der Waals surface area contributed by atoms with Gasteiger partial charge in [0.2, 0.25) is 0 Å². The molecule has 4 nitrogen and oxygen atoms in total. The maximum atomic E-state index is 10.8. The third-order valence-electron chi connectivity index (χ3n) is 1.99. The van der Waals surface area contributed by atoms with E-state index in [1.165, 1.54) is 11.8 Å². The molecule has 1 atom stereocenters. The number of nitro groups is 1. The highest BCUT2D eigenvalue weighted by molar-refractivity contribution is 8.00. The van der Waals surface area contributed by atoms with Gasteiger partial charge in [0.1, 0.15) is 0 Å². The van der Waals surface area contributed by atoms with Gasteiger partial charge in [0.05, 0.1) is 4.92 Å². The molecule has 88 valence electrons. The summed E-state index contributed by atoms with van der Waals surface area (Å²) < 4.78 is 0. The minimum atomic E-state index is -0.393. The molecule has 0 aliphatic heterocycles. The number of alkyl halides is 1. The molecule has 0 saturated carbocycles. The maximum absolute atomic E-state index is 10.8. The molecule has 1 aromatic rings. The second-order valence-electron chi connectivity index (χ2n) is 3.50. The van der Waals surface area contributed by atoms with Crippen LogP contribution in [0, 0.1) is 17.0 Å². The number of hydrogen-bond acceptors (Lipinski definition) is 4. The number of nitrogens with zero attached hydrogens (tertiary/aromatic N) is 2. The molecule has 0 amide bonds. The van der Waals surface area contributed by atoms with Crippen LogP contribution in [0.15, 0.2) is 17.3 Å². The first kappa shape index (κ1) is 13.3. The van der Waals surface area contributed by atoms with Crippen molar-refractivity contribution in [2.24, 2.45) is 0 Å². The molecule has 0 aliphatic rings. The van der Waals surface area contributed by atoms with Gasteiger partial charge in [-0.15, -0.1) is 11.6 Å². The average molecular weight is 261 g/mol. The molecule has 16 heavy (non-hydrogen) atoms. The molecular formula is C10H13ClN2O2S. The molecule has 0 spiro atoms. The van der Waals surface area contributed by atoms with E-state index in [9.17, 15) is 10.1 Å². The quantitative estimate of drug-likeness (QED) is 0.352. The number of thioether (sulfide) groups is 1. The van der Waals surface area contributed by atoms with Crippen molar-refractivity contribution >= 4 is 29.1 Å². The van der Waals surface area contributed by atoms with E-state index in [2.05, 4.69) is 4.98 Å². The topological polar surface area (TPSA) is 56.0 Å². The summed E-state index contributed by atoms with van der Waals surface area (Å²) in [6, 6.07) is 1.54. The molecular weight excluding hydrogens is 248 g/mol. The first-order valence-corrected chi connectivity index (χ1v) is 6.29. The monoisotopic (exact) mass is 260 g/mol. The van der Waals surface area contributed by atoms with Crippen LogP contribution < -0.4 is 0 Å². The Morgan fingerprint density at radius 1 is 1.69 bits per heavy atom. The van der Waals surface area contributed by atoms with E-state index >= 15 is 0 Å². The van der Waals surface area contributed by atoms with Crippen molar-refractivity contribution in [1.29, 1.82) is 0 Å². The molecule has 0 radical (unpaired) electrons. The molecule has 0 N–H and O–H groups in total. The van der Waals surface area contributed by atoms with Crippen LogP contribution in [0.5, 0.6) is 0 Å². The van der Waals surface area contributed by atoms with E-state index in [4.69, 9.17) is 11.6 Å². The zero-order chi connectivity index (χ0) is 12.1. The van der Waals surface area contributed by atoms with E-state index < -0.39 is 4.92 Å². The van der Waals surface area contributed by atoms with Crippen molar-refractivity contribution in [3.05, 3.63) is 27.9 Å². The number of halogens is 1. The van der Waals surface area contributed by atoms with Crippen molar-refractivity contribution in [3.8, 4) is 0 Å². The van der Waals surface area contributed by atoms with Crippen LogP contribution in [0.4, 0.5) is 5.69 Å². The molecule has 1 unspecified atom stereocenters. The predicted molar refractivity (Wildman–Crippen MR) is 66.3 cm³/mol. The molecule has 0 saturated heterocycles. The Bertz CT molecular complexity index is 387. The van der Waals surface area contributed by atoms with Gasteiger partial charge in [0.15, 0.2) is 5.03 Å². The lowest BCUT2D eigenvalue weighted by molar-refractivity contribution is -0.388. The zero-order valence-corrected chi connectivity index (χ0v) is 10.7. The van der Waals surface area contributed by atoms with Crippen molar-refractivity contribution < 1.29 is 4.92 Å². The summed E-state index contributed by atoms with van der Waals surface area (Å²) in [4.78, 5) is 14.5. The minimum absolute atomic E-state index is 0.0754. The molecule has 0 aliphatic carbocycles. The van der Waals surface area contributed by atoms with E-state index in [-0.39, 0.29) is 10.9 Å². The normalized spacial score (nSPS) is 12.4.